The van der Waals surface area contributed by atoms with E-state index in [1.165, 1.54) is 25.1 Å². The smallest absolute Gasteiger partial charge is 0.421 e. The predicted molar refractivity (Wildman–Crippen MR) is 132 cm³/mol. The molecule has 1 amide bonds. The highest BCUT2D eigenvalue weighted by Crippen LogP contribution is 2.45. The summed E-state index contributed by atoms with van der Waals surface area (Å²) in [5, 5.41) is 17.2. The number of aromatic carboxylic acids is 1. The summed E-state index contributed by atoms with van der Waals surface area (Å²) in [6.45, 7) is 1.44. The average Bonchev–Trinajstić information content (AvgIpc) is 2.92. The van der Waals surface area contributed by atoms with Gasteiger partial charge in [0, 0.05) is 5.56 Å². The molecule has 0 unspecified atom stereocenters. The number of hydrogen-bond acceptors (Lipinski definition) is 7. The summed E-state index contributed by atoms with van der Waals surface area (Å²) in [5.74, 6) is -2.58. The number of carboxylic acid groups (broad SMARTS) is 1. The molecule has 0 aliphatic carbocycles. The Balaban J connectivity index is 1.73. The van der Waals surface area contributed by atoms with Crippen molar-refractivity contribution in [3.8, 4) is 11.5 Å². The van der Waals surface area contributed by atoms with Gasteiger partial charge in [-0.05, 0) is 42.3 Å². The van der Waals surface area contributed by atoms with Gasteiger partial charge in [-0.3, -0.25) is 5.41 Å². The fourth-order valence-corrected chi connectivity index (χ4v) is 5.57. The first-order chi connectivity index (χ1) is 17.0. The van der Waals surface area contributed by atoms with Crippen LogP contribution in [0.2, 0.25) is 5.02 Å². The SMILES string of the molecule is Cc1cc(C(=O)O)cc2c1Oc1c(Cl)cc(N(C(=N)N)C(=O)OCc3ccccc3)cc1CS2(=O)=O. The topological polar surface area (TPSA) is 160 Å². The summed E-state index contributed by atoms with van der Waals surface area (Å²) in [6.07, 6.45) is -0.968. The molecule has 1 aliphatic heterocycles. The van der Waals surface area contributed by atoms with E-state index in [0.717, 1.165) is 11.0 Å². The van der Waals surface area contributed by atoms with Crippen molar-refractivity contribution in [1.82, 2.24) is 0 Å². The van der Waals surface area contributed by atoms with Gasteiger partial charge in [-0.25, -0.2) is 22.9 Å². The van der Waals surface area contributed by atoms with E-state index in [9.17, 15) is 23.1 Å². The summed E-state index contributed by atoms with van der Waals surface area (Å²) in [4.78, 5) is 24.7. The van der Waals surface area contributed by atoms with Gasteiger partial charge in [0.15, 0.2) is 9.84 Å². The van der Waals surface area contributed by atoms with E-state index in [1.807, 2.05) is 6.07 Å². The zero-order valence-electron chi connectivity index (χ0n) is 18.8. The first-order valence-electron chi connectivity index (χ1n) is 10.4. The fourth-order valence-electron chi connectivity index (χ4n) is 3.72. The number of aryl methyl sites for hydroxylation is 1. The number of amides is 1. The van der Waals surface area contributed by atoms with E-state index in [2.05, 4.69) is 0 Å². The number of ether oxygens (including phenoxy) is 2. The summed E-state index contributed by atoms with van der Waals surface area (Å²) < 4.78 is 37.6. The number of halogens is 1. The van der Waals surface area contributed by atoms with Crippen molar-refractivity contribution in [3.05, 3.63) is 81.9 Å². The van der Waals surface area contributed by atoms with Crippen LogP contribution in [-0.4, -0.2) is 31.5 Å². The lowest BCUT2D eigenvalue weighted by Crippen LogP contribution is -2.41. The molecular weight excluding hydrogens is 510 g/mol. The highest BCUT2D eigenvalue weighted by molar-refractivity contribution is 7.90. The monoisotopic (exact) mass is 529 g/mol. The molecule has 4 N–H and O–H groups in total. The Bertz CT molecular complexity index is 1510. The summed E-state index contributed by atoms with van der Waals surface area (Å²) in [7, 11) is -4.08. The number of nitrogens with zero attached hydrogens (tertiary/aromatic N) is 1. The van der Waals surface area contributed by atoms with Gasteiger partial charge in [-0.2, -0.15) is 0 Å². The maximum absolute atomic E-state index is 13.2. The van der Waals surface area contributed by atoms with Gasteiger partial charge >= 0.3 is 12.1 Å². The van der Waals surface area contributed by atoms with Crippen LogP contribution in [0.5, 0.6) is 11.5 Å². The third-order valence-corrected chi connectivity index (χ3v) is 7.31. The number of nitrogens with two attached hydrogens (primary N) is 1. The number of nitrogens with one attached hydrogen (secondary N) is 1. The summed E-state index contributed by atoms with van der Waals surface area (Å²) >= 11 is 6.44. The molecular formula is C24H20ClN3O7S. The lowest BCUT2D eigenvalue weighted by Gasteiger charge is -2.22. The Morgan fingerprint density at radius 2 is 1.86 bits per heavy atom. The van der Waals surface area contributed by atoms with Gasteiger partial charge in [0.25, 0.3) is 0 Å². The highest BCUT2D eigenvalue weighted by atomic mass is 35.5. The number of carbonyl (C=O) groups excluding carboxylic acids is 1. The minimum absolute atomic E-state index is 0.00276. The molecule has 36 heavy (non-hydrogen) atoms. The number of carboxylic acids is 1. The van der Waals surface area contributed by atoms with E-state index in [-0.39, 0.29) is 50.4 Å². The quantitative estimate of drug-likeness (QED) is 0.329. The number of hydrogen-bond donors (Lipinski definition) is 3. The number of fused-ring (bicyclic) bond motifs is 2. The van der Waals surface area contributed by atoms with Gasteiger partial charge in [-0.1, -0.05) is 41.9 Å². The molecule has 1 heterocycles. The molecule has 0 atom stereocenters. The van der Waals surface area contributed by atoms with Crippen molar-refractivity contribution in [2.24, 2.45) is 5.73 Å². The molecule has 10 nitrogen and oxygen atoms in total. The van der Waals surface area contributed by atoms with E-state index in [4.69, 9.17) is 32.2 Å². The minimum atomic E-state index is -4.08. The molecule has 3 aromatic rings. The maximum Gasteiger partial charge on any atom is 0.421 e. The second kappa shape index (κ2) is 9.51. The number of guanidine groups is 1. The minimum Gasteiger partial charge on any atom is -0.478 e. The van der Waals surface area contributed by atoms with Crippen molar-refractivity contribution >= 4 is 45.1 Å². The average molecular weight is 530 g/mol. The third kappa shape index (κ3) is 4.83. The van der Waals surface area contributed by atoms with Gasteiger partial charge in [-0.15, -0.1) is 0 Å². The van der Waals surface area contributed by atoms with E-state index >= 15 is 0 Å². The van der Waals surface area contributed by atoms with Crippen molar-refractivity contribution in [2.75, 3.05) is 4.90 Å². The Labute approximate surface area is 211 Å². The molecule has 0 bridgehead atoms. The molecule has 0 fully saturated rings. The Hall–Kier alpha value is -4.09. The highest BCUT2D eigenvalue weighted by Gasteiger charge is 2.32. The second-order valence-electron chi connectivity index (χ2n) is 7.96. The lowest BCUT2D eigenvalue weighted by atomic mass is 10.1. The zero-order chi connectivity index (χ0) is 26.2. The van der Waals surface area contributed by atoms with Crippen LogP contribution < -0.4 is 15.4 Å². The summed E-state index contributed by atoms with van der Waals surface area (Å²) in [6, 6.07) is 13.8. The van der Waals surface area contributed by atoms with E-state index in [1.54, 1.807) is 24.3 Å². The van der Waals surface area contributed by atoms with Crippen LogP contribution in [0, 0.1) is 12.3 Å². The van der Waals surface area contributed by atoms with Gasteiger partial charge in [0.1, 0.15) is 23.0 Å². The Morgan fingerprint density at radius 1 is 1.17 bits per heavy atom. The lowest BCUT2D eigenvalue weighted by molar-refractivity contribution is 0.0696. The summed E-state index contributed by atoms with van der Waals surface area (Å²) in [5.41, 5.74) is 6.52. The first-order valence-corrected chi connectivity index (χ1v) is 12.5. The number of sulfone groups is 1. The van der Waals surface area contributed by atoms with Crippen LogP contribution in [-0.2, 0) is 26.9 Å². The number of anilines is 1. The molecule has 1 aliphatic rings. The van der Waals surface area contributed by atoms with Crippen LogP contribution in [0.25, 0.3) is 0 Å². The maximum atomic E-state index is 13.2. The first kappa shape index (κ1) is 25.0. The second-order valence-corrected chi connectivity index (χ2v) is 10.3. The van der Waals surface area contributed by atoms with Crippen molar-refractivity contribution in [2.45, 2.75) is 24.2 Å². The zero-order valence-corrected chi connectivity index (χ0v) is 20.4. The molecule has 0 radical (unpaired) electrons. The number of carbonyl (C=O) groups is 2. The van der Waals surface area contributed by atoms with E-state index in [0.29, 0.717) is 5.56 Å². The van der Waals surface area contributed by atoms with Crippen LogP contribution in [0.1, 0.15) is 27.0 Å². The van der Waals surface area contributed by atoms with Gasteiger partial charge in [0.2, 0.25) is 5.96 Å². The molecule has 186 valence electrons. The third-order valence-electron chi connectivity index (χ3n) is 5.36. The van der Waals surface area contributed by atoms with Gasteiger partial charge < -0.3 is 20.3 Å². The normalized spacial score (nSPS) is 13.4. The largest absolute Gasteiger partial charge is 0.478 e. The van der Waals surface area contributed by atoms with E-state index < -0.39 is 33.6 Å². The standard InChI is InChI=1S/C24H20ClN3O7S/c1-13-7-15(22(29)30)9-19-20(13)35-21-16(12-36(19,32)33)8-17(10-18(21)25)28(23(26)27)24(31)34-11-14-5-3-2-4-6-14/h2-10H,11-12H2,1H3,(H3,26,27)(H,29,30). The molecule has 0 spiro atoms. The van der Waals surface area contributed by atoms with Crippen LogP contribution >= 0.6 is 11.6 Å². The predicted octanol–water partition coefficient (Wildman–Crippen LogP) is 4.46. The fraction of sp³-hybridized carbons (Fsp3) is 0.125. The number of benzene rings is 3. The van der Waals surface area contributed by atoms with Crippen LogP contribution in [0.4, 0.5) is 10.5 Å². The molecule has 12 heteroatoms. The Morgan fingerprint density at radius 3 is 2.50 bits per heavy atom. The number of rotatable bonds is 4. The molecule has 4 rings (SSSR count). The molecule has 0 aromatic heterocycles. The Kier molecular flexibility index (Phi) is 6.61. The van der Waals surface area contributed by atoms with Crippen molar-refractivity contribution in [3.63, 3.8) is 0 Å². The van der Waals surface area contributed by atoms with Crippen LogP contribution in [0.15, 0.2) is 59.5 Å². The van der Waals surface area contributed by atoms with Crippen LogP contribution in [0.3, 0.4) is 0 Å². The molecule has 3 aromatic carbocycles. The van der Waals surface area contributed by atoms with Gasteiger partial charge in [0.05, 0.1) is 22.0 Å². The van der Waals surface area contributed by atoms with Crippen molar-refractivity contribution < 1.29 is 32.6 Å². The molecule has 0 saturated carbocycles. The molecule has 0 saturated heterocycles. The van der Waals surface area contributed by atoms with Crippen molar-refractivity contribution in [1.29, 1.82) is 5.41 Å².